The molecule has 0 unspecified atom stereocenters. The number of benzene rings is 1. The number of thioether (sulfide) groups is 1. The molecule has 1 heterocycles. The van der Waals surface area contributed by atoms with E-state index in [4.69, 9.17) is 27.9 Å². The van der Waals surface area contributed by atoms with E-state index in [1.165, 1.54) is 25.1 Å². The van der Waals surface area contributed by atoms with Crippen molar-refractivity contribution in [2.45, 2.75) is 11.7 Å². The van der Waals surface area contributed by atoms with Crippen LogP contribution in [-0.2, 0) is 6.54 Å². The number of methoxy groups -OCH3 is 1. The maximum atomic E-state index is 11.2. The molecule has 0 fully saturated rings. The Morgan fingerprint density at radius 1 is 1.39 bits per heavy atom. The molecule has 0 amide bonds. The molecule has 6 nitrogen and oxygen atoms in total. The third-order valence-electron chi connectivity index (χ3n) is 2.90. The molecule has 1 aromatic carbocycles. The third-order valence-corrected chi connectivity index (χ3v) is 4.03. The van der Waals surface area contributed by atoms with E-state index < -0.39 is 5.97 Å². The molecule has 0 radical (unpaired) electrons. The van der Waals surface area contributed by atoms with E-state index >= 15 is 0 Å². The van der Waals surface area contributed by atoms with Crippen LogP contribution in [0, 0.1) is 0 Å². The predicted molar refractivity (Wildman–Crippen MR) is 91.1 cm³/mol. The van der Waals surface area contributed by atoms with Crippen molar-refractivity contribution in [3.8, 4) is 5.75 Å². The van der Waals surface area contributed by atoms with Crippen molar-refractivity contribution in [3.05, 3.63) is 39.5 Å². The topological polar surface area (TPSA) is 84.3 Å². The Bertz CT molecular complexity index is 720. The number of nitrogens with zero attached hydrogens (tertiary/aromatic N) is 2. The van der Waals surface area contributed by atoms with Gasteiger partial charge in [-0.25, -0.2) is 14.8 Å². The number of ether oxygens (including phenoxy) is 1. The molecule has 0 bridgehead atoms. The number of hydrogen-bond donors (Lipinski definition) is 2. The number of aromatic nitrogens is 2. The number of carbonyl (C=O) groups is 1. The van der Waals surface area contributed by atoms with E-state index in [-0.39, 0.29) is 11.4 Å². The second-order valence-corrected chi connectivity index (χ2v) is 5.96. The molecule has 2 rings (SSSR count). The van der Waals surface area contributed by atoms with Crippen molar-refractivity contribution < 1.29 is 14.6 Å². The molecule has 2 N–H and O–H groups in total. The Labute approximate surface area is 147 Å². The summed E-state index contributed by atoms with van der Waals surface area (Å²) in [6, 6.07) is 3.38. The molecule has 0 aliphatic carbocycles. The standard InChI is InChI=1S/C14H13Cl2N3O3S/c1-22-11-9(15)3-7(4-10(11)16)5-17-12-8(13(20)21)6-18-14(19-12)23-2/h3-4,6H,5H2,1-2H3,(H,20,21)(H,17,18,19). The van der Waals surface area contributed by atoms with Crippen LogP contribution in [0.1, 0.15) is 15.9 Å². The zero-order valence-corrected chi connectivity index (χ0v) is 14.6. The Balaban J connectivity index is 2.25. The van der Waals surface area contributed by atoms with Crippen molar-refractivity contribution in [2.24, 2.45) is 0 Å². The molecule has 2 aromatic rings. The van der Waals surface area contributed by atoms with E-state index in [1.54, 1.807) is 12.1 Å². The number of halogens is 2. The van der Waals surface area contributed by atoms with Gasteiger partial charge in [-0.2, -0.15) is 0 Å². The largest absolute Gasteiger partial charge is 0.494 e. The predicted octanol–water partition coefficient (Wildman–Crippen LogP) is 3.82. The Hall–Kier alpha value is -1.70. The number of hydrogen-bond acceptors (Lipinski definition) is 6. The van der Waals surface area contributed by atoms with E-state index in [1.807, 2.05) is 6.26 Å². The first kappa shape index (κ1) is 17.7. The Morgan fingerprint density at radius 3 is 2.57 bits per heavy atom. The first-order chi connectivity index (χ1) is 11.0. The zero-order chi connectivity index (χ0) is 17.0. The van der Waals surface area contributed by atoms with E-state index in [0.29, 0.717) is 27.5 Å². The molecule has 23 heavy (non-hydrogen) atoms. The summed E-state index contributed by atoms with van der Waals surface area (Å²) in [6.07, 6.45) is 3.08. The van der Waals surface area contributed by atoms with Gasteiger partial charge in [0, 0.05) is 12.7 Å². The average molecular weight is 374 g/mol. The lowest BCUT2D eigenvalue weighted by Gasteiger charge is -2.11. The van der Waals surface area contributed by atoms with Crippen LogP contribution in [-0.4, -0.2) is 34.4 Å². The van der Waals surface area contributed by atoms with Crippen LogP contribution in [0.25, 0.3) is 0 Å². The van der Waals surface area contributed by atoms with Gasteiger partial charge in [0.1, 0.15) is 11.4 Å². The minimum absolute atomic E-state index is 0.00601. The molecule has 0 aliphatic heterocycles. The number of nitrogens with one attached hydrogen (secondary N) is 1. The SMILES string of the molecule is COc1c(Cl)cc(CNc2nc(SC)ncc2C(=O)O)cc1Cl. The molecule has 0 spiro atoms. The van der Waals surface area contributed by atoms with Gasteiger partial charge in [0.2, 0.25) is 0 Å². The van der Waals surface area contributed by atoms with Crippen molar-refractivity contribution >= 4 is 46.8 Å². The van der Waals surface area contributed by atoms with Gasteiger partial charge in [0.25, 0.3) is 0 Å². The summed E-state index contributed by atoms with van der Waals surface area (Å²) in [4.78, 5) is 19.4. The van der Waals surface area contributed by atoms with Gasteiger partial charge in [-0.05, 0) is 24.0 Å². The first-order valence-corrected chi connectivity index (χ1v) is 8.34. The van der Waals surface area contributed by atoms with Gasteiger partial charge < -0.3 is 15.2 Å². The Morgan fingerprint density at radius 2 is 2.04 bits per heavy atom. The minimum atomic E-state index is -1.11. The second-order valence-electron chi connectivity index (χ2n) is 4.37. The van der Waals surface area contributed by atoms with Crippen LogP contribution >= 0.6 is 35.0 Å². The lowest BCUT2D eigenvalue weighted by molar-refractivity contribution is 0.0697. The van der Waals surface area contributed by atoms with E-state index in [2.05, 4.69) is 15.3 Å². The molecule has 0 saturated heterocycles. The highest BCUT2D eigenvalue weighted by atomic mass is 35.5. The number of carboxylic acids is 1. The van der Waals surface area contributed by atoms with Crippen LogP contribution < -0.4 is 10.1 Å². The normalized spacial score (nSPS) is 10.4. The molecule has 1 aromatic heterocycles. The fourth-order valence-electron chi connectivity index (χ4n) is 1.85. The van der Waals surface area contributed by atoms with Crippen LogP contribution in [0.4, 0.5) is 5.82 Å². The average Bonchev–Trinajstić information content (AvgIpc) is 2.52. The van der Waals surface area contributed by atoms with Gasteiger partial charge in [-0.1, -0.05) is 35.0 Å². The van der Waals surface area contributed by atoms with Gasteiger partial charge in [-0.15, -0.1) is 0 Å². The third kappa shape index (κ3) is 4.19. The quantitative estimate of drug-likeness (QED) is 0.587. The van der Waals surface area contributed by atoms with Crippen LogP contribution in [0.3, 0.4) is 0 Å². The summed E-state index contributed by atoms with van der Waals surface area (Å²) in [5, 5.41) is 13.4. The van der Waals surface area contributed by atoms with Crippen molar-refractivity contribution in [2.75, 3.05) is 18.7 Å². The maximum absolute atomic E-state index is 11.2. The fourth-order valence-corrected chi connectivity index (χ4v) is 2.88. The summed E-state index contributed by atoms with van der Waals surface area (Å²) < 4.78 is 5.09. The lowest BCUT2D eigenvalue weighted by atomic mass is 10.2. The van der Waals surface area contributed by atoms with Crippen molar-refractivity contribution in [3.63, 3.8) is 0 Å². The highest BCUT2D eigenvalue weighted by Crippen LogP contribution is 2.34. The van der Waals surface area contributed by atoms with Gasteiger partial charge in [0.15, 0.2) is 10.9 Å². The summed E-state index contributed by atoms with van der Waals surface area (Å²) in [6.45, 7) is 0.300. The zero-order valence-electron chi connectivity index (χ0n) is 12.3. The smallest absolute Gasteiger partial charge is 0.341 e. The molecule has 0 atom stereocenters. The lowest BCUT2D eigenvalue weighted by Crippen LogP contribution is -2.10. The van der Waals surface area contributed by atoms with Crippen LogP contribution in [0.15, 0.2) is 23.5 Å². The second kappa shape index (κ2) is 7.72. The van der Waals surface area contributed by atoms with E-state index in [9.17, 15) is 9.90 Å². The summed E-state index contributed by atoms with van der Waals surface area (Å²) in [5.74, 6) is -0.471. The number of rotatable bonds is 6. The number of carboxylic acid groups (broad SMARTS) is 1. The van der Waals surface area contributed by atoms with Gasteiger partial charge in [-0.3, -0.25) is 0 Å². The van der Waals surface area contributed by atoms with Gasteiger partial charge in [0.05, 0.1) is 17.2 Å². The molecule has 0 saturated carbocycles. The van der Waals surface area contributed by atoms with Crippen molar-refractivity contribution in [1.82, 2.24) is 9.97 Å². The monoisotopic (exact) mass is 373 g/mol. The molecular formula is C14H13Cl2N3O3S. The highest BCUT2D eigenvalue weighted by Gasteiger charge is 2.14. The van der Waals surface area contributed by atoms with Crippen LogP contribution in [0.2, 0.25) is 10.0 Å². The van der Waals surface area contributed by atoms with Crippen molar-refractivity contribution in [1.29, 1.82) is 0 Å². The maximum Gasteiger partial charge on any atom is 0.341 e. The Kier molecular flexibility index (Phi) is 5.92. The molecular weight excluding hydrogens is 361 g/mol. The molecule has 122 valence electrons. The summed E-state index contributed by atoms with van der Waals surface area (Å²) in [5.41, 5.74) is 0.759. The summed E-state index contributed by atoms with van der Waals surface area (Å²) in [7, 11) is 1.48. The molecule has 0 aliphatic rings. The first-order valence-electron chi connectivity index (χ1n) is 6.36. The number of anilines is 1. The minimum Gasteiger partial charge on any atom is -0.494 e. The van der Waals surface area contributed by atoms with Crippen LogP contribution in [0.5, 0.6) is 5.75 Å². The van der Waals surface area contributed by atoms with Gasteiger partial charge >= 0.3 is 5.97 Å². The molecule has 9 heteroatoms. The number of aromatic carboxylic acids is 1. The summed E-state index contributed by atoms with van der Waals surface area (Å²) >= 11 is 13.5. The highest BCUT2D eigenvalue weighted by molar-refractivity contribution is 7.98. The van der Waals surface area contributed by atoms with E-state index in [0.717, 1.165) is 5.56 Å². The fraction of sp³-hybridized carbons (Fsp3) is 0.214.